The predicted octanol–water partition coefficient (Wildman–Crippen LogP) is 3.61. The molecule has 0 spiro atoms. The van der Waals surface area contributed by atoms with E-state index in [0.29, 0.717) is 23.0 Å². The summed E-state index contributed by atoms with van der Waals surface area (Å²) in [5.41, 5.74) is 7.19. The number of ether oxygens (including phenoxy) is 1. The Bertz CT molecular complexity index is 732. The highest BCUT2D eigenvalue weighted by atomic mass is 16.5. The number of allylic oxidation sites excluding steroid dienone is 1. The van der Waals surface area contributed by atoms with Crippen LogP contribution in [-0.4, -0.2) is 36.2 Å². The molecule has 2 rings (SSSR count). The number of aliphatic hydroxyl groups excluding tert-OH is 1. The van der Waals surface area contributed by atoms with E-state index in [1.165, 1.54) is 6.42 Å². The summed E-state index contributed by atoms with van der Waals surface area (Å²) in [6.07, 6.45) is 7.22. The van der Waals surface area contributed by atoms with Gasteiger partial charge in [-0.25, -0.2) is 9.79 Å². The molecule has 1 aromatic rings. The summed E-state index contributed by atoms with van der Waals surface area (Å²) in [5, 5.41) is 14.8. The number of carbonyl (C=O) groups is 1. The SMILES string of the molecule is CC(C)(C)C(N)=CC(=Nc1cccc(OCCO)c1)NC(=O)NC1CCCCC1. The second kappa shape index (κ2) is 10.9. The zero-order valence-electron chi connectivity index (χ0n) is 17.7. The van der Waals surface area contributed by atoms with E-state index in [4.69, 9.17) is 15.6 Å². The van der Waals surface area contributed by atoms with E-state index in [-0.39, 0.29) is 30.7 Å². The number of aliphatic imine (C=N–C) groups is 1. The second-order valence-corrected chi connectivity index (χ2v) is 8.35. The van der Waals surface area contributed by atoms with Crippen LogP contribution in [-0.2, 0) is 0 Å². The van der Waals surface area contributed by atoms with Crippen LogP contribution in [0.4, 0.5) is 10.5 Å². The molecule has 1 aliphatic rings. The molecule has 0 radical (unpaired) electrons. The minimum absolute atomic E-state index is 0.0630. The monoisotopic (exact) mass is 402 g/mol. The van der Waals surface area contributed by atoms with Crippen LogP contribution in [0.1, 0.15) is 52.9 Å². The number of hydrogen-bond donors (Lipinski definition) is 4. The van der Waals surface area contributed by atoms with E-state index in [9.17, 15) is 4.79 Å². The molecule has 0 bridgehead atoms. The highest BCUT2D eigenvalue weighted by Gasteiger charge is 2.18. The van der Waals surface area contributed by atoms with Crippen molar-refractivity contribution in [1.82, 2.24) is 10.6 Å². The molecule has 0 unspecified atom stereocenters. The van der Waals surface area contributed by atoms with Gasteiger partial charge in [-0.1, -0.05) is 46.1 Å². The normalized spacial score (nSPS) is 16.4. The largest absolute Gasteiger partial charge is 0.491 e. The van der Waals surface area contributed by atoms with Crippen molar-refractivity contribution >= 4 is 17.6 Å². The molecule has 2 amide bonds. The molecule has 160 valence electrons. The number of nitrogens with two attached hydrogens (primary N) is 1. The zero-order valence-corrected chi connectivity index (χ0v) is 17.7. The van der Waals surface area contributed by atoms with E-state index in [1.807, 2.05) is 32.9 Å². The maximum Gasteiger partial charge on any atom is 0.320 e. The Hall–Kier alpha value is -2.54. The Kier molecular flexibility index (Phi) is 8.51. The van der Waals surface area contributed by atoms with Crippen LogP contribution < -0.4 is 21.1 Å². The lowest BCUT2D eigenvalue weighted by Gasteiger charge is -2.23. The van der Waals surface area contributed by atoms with E-state index < -0.39 is 0 Å². The average Bonchev–Trinajstić information content (AvgIpc) is 2.66. The highest BCUT2D eigenvalue weighted by Crippen LogP contribution is 2.23. The first-order chi connectivity index (χ1) is 13.8. The number of amides is 2. The number of nitrogens with zero attached hydrogens (tertiary/aromatic N) is 1. The number of nitrogens with one attached hydrogen (secondary N) is 2. The molecule has 29 heavy (non-hydrogen) atoms. The fraction of sp³-hybridized carbons (Fsp3) is 0.545. The van der Waals surface area contributed by atoms with Crippen molar-refractivity contribution in [2.75, 3.05) is 13.2 Å². The first-order valence-electron chi connectivity index (χ1n) is 10.3. The standard InChI is InChI=1S/C22H34N4O3/c1-22(2,3)19(23)15-20(26-21(28)25-16-8-5-4-6-9-16)24-17-10-7-11-18(14-17)29-13-12-27/h7,10-11,14-16,27H,4-6,8-9,12-13,23H2,1-3H3,(H2,24,25,26,28). The van der Waals surface area contributed by atoms with Crippen molar-refractivity contribution in [1.29, 1.82) is 0 Å². The van der Waals surface area contributed by atoms with Crippen molar-refractivity contribution in [2.45, 2.75) is 58.9 Å². The Morgan fingerprint density at radius 1 is 1.31 bits per heavy atom. The van der Waals surface area contributed by atoms with Gasteiger partial charge in [-0.2, -0.15) is 0 Å². The van der Waals surface area contributed by atoms with Gasteiger partial charge in [0.1, 0.15) is 18.2 Å². The van der Waals surface area contributed by atoms with Gasteiger partial charge in [-0.15, -0.1) is 0 Å². The molecule has 1 fully saturated rings. The molecule has 7 heteroatoms. The lowest BCUT2D eigenvalue weighted by molar-refractivity contribution is 0.201. The molecular weight excluding hydrogens is 368 g/mol. The maximum atomic E-state index is 12.5. The molecular formula is C22H34N4O3. The van der Waals surface area contributed by atoms with Crippen LogP contribution in [0.2, 0.25) is 0 Å². The number of carbonyl (C=O) groups excluding carboxylic acids is 1. The van der Waals surface area contributed by atoms with Gasteiger partial charge in [0.2, 0.25) is 0 Å². The lowest BCUT2D eigenvalue weighted by atomic mass is 9.92. The van der Waals surface area contributed by atoms with E-state index in [0.717, 1.165) is 25.7 Å². The first-order valence-corrected chi connectivity index (χ1v) is 10.3. The van der Waals surface area contributed by atoms with Crippen LogP contribution in [0.5, 0.6) is 5.75 Å². The quantitative estimate of drug-likeness (QED) is 0.430. The number of hydrogen-bond acceptors (Lipinski definition) is 5. The van der Waals surface area contributed by atoms with Crippen LogP contribution in [0.15, 0.2) is 41.0 Å². The number of amidine groups is 1. The van der Waals surface area contributed by atoms with Gasteiger partial charge in [-0.05, 0) is 25.0 Å². The van der Waals surface area contributed by atoms with Crippen LogP contribution in [0, 0.1) is 5.41 Å². The van der Waals surface area contributed by atoms with Gasteiger partial charge in [-0.3, -0.25) is 5.32 Å². The third kappa shape index (κ3) is 8.15. The first kappa shape index (κ1) is 22.7. The second-order valence-electron chi connectivity index (χ2n) is 8.35. The Morgan fingerprint density at radius 3 is 2.69 bits per heavy atom. The summed E-state index contributed by atoms with van der Waals surface area (Å²) in [5.74, 6) is 0.962. The Labute approximate surface area is 173 Å². The molecule has 7 nitrogen and oxygen atoms in total. The van der Waals surface area contributed by atoms with Gasteiger partial charge in [0.25, 0.3) is 0 Å². The summed E-state index contributed by atoms with van der Waals surface area (Å²) in [7, 11) is 0. The van der Waals surface area contributed by atoms with Gasteiger partial charge < -0.3 is 20.9 Å². The molecule has 5 N–H and O–H groups in total. The summed E-state index contributed by atoms with van der Waals surface area (Å²) >= 11 is 0. The van der Waals surface area contributed by atoms with Gasteiger partial charge in [0, 0.05) is 29.3 Å². The molecule has 0 aliphatic heterocycles. The topological polar surface area (TPSA) is 109 Å². The third-order valence-corrected chi connectivity index (χ3v) is 4.77. The van der Waals surface area contributed by atoms with E-state index >= 15 is 0 Å². The fourth-order valence-corrected chi connectivity index (χ4v) is 2.99. The minimum atomic E-state index is -0.277. The molecule has 0 aromatic heterocycles. The smallest absolute Gasteiger partial charge is 0.320 e. The van der Waals surface area contributed by atoms with Gasteiger partial charge in [0.15, 0.2) is 0 Å². The van der Waals surface area contributed by atoms with Crippen LogP contribution >= 0.6 is 0 Å². The molecule has 1 aliphatic carbocycles. The maximum absolute atomic E-state index is 12.5. The Balaban J connectivity index is 2.20. The lowest BCUT2D eigenvalue weighted by Crippen LogP contribution is -2.45. The predicted molar refractivity (Wildman–Crippen MR) is 116 cm³/mol. The minimum Gasteiger partial charge on any atom is -0.491 e. The summed E-state index contributed by atoms with van der Waals surface area (Å²) in [6, 6.07) is 7.08. The van der Waals surface area contributed by atoms with Crippen LogP contribution in [0.25, 0.3) is 0 Å². The summed E-state index contributed by atoms with van der Waals surface area (Å²) in [6.45, 7) is 6.15. The molecule has 1 aromatic carbocycles. The average molecular weight is 403 g/mol. The van der Waals surface area contributed by atoms with Crippen molar-refractivity contribution in [3.05, 3.63) is 36.0 Å². The van der Waals surface area contributed by atoms with Gasteiger partial charge in [0.05, 0.1) is 12.3 Å². The number of aliphatic hydroxyl groups is 1. The van der Waals surface area contributed by atoms with Gasteiger partial charge >= 0.3 is 6.03 Å². The van der Waals surface area contributed by atoms with E-state index in [2.05, 4.69) is 15.6 Å². The van der Waals surface area contributed by atoms with E-state index in [1.54, 1.807) is 18.2 Å². The molecule has 0 heterocycles. The number of benzene rings is 1. The van der Waals surface area contributed by atoms with Crippen molar-refractivity contribution in [3.8, 4) is 5.75 Å². The molecule has 0 atom stereocenters. The molecule has 0 saturated heterocycles. The zero-order chi connectivity index (χ0) is 21.3. The van der Waals surface area contributed by atoms with Crippen molar-refractivity contribution in [3.63, 3.8) is 0 Å². The molecule has 1 saturated carbocycles. The fourth-order valence-electron chi connectivity index (χ4n) is 2.99. The highest BCUT2D eigenvalue weighted by molar-refractivity contribution is 6.05. The van der Waals surface area contributed by atoms with Crippen molar-refractivity contribution < 1.29 is 14.6 Å². The Morgan fingerprint density at radius 2 is 2.03 bits per heavy atom. The van der Waals surface area contributed by atoms with Crippen LogP contribution in [0.3, 0.4) is 0 Å². The van der Waals surface area contributed by atoms with Crippen molar-refractivity contribution in [2.24, 2.45) is 16.1 Å². The third-order valence-electron chi connectivity index (χ3n) is 4.77. The summed E-state index contributed by atoms with van der Waals surface area (Å²) in [4.78, 5) is 17.1. The number of urea groups is 1. The summed E-state index contributed by atoms with van der Waals surface area (Å²) < 4.78 is 5.44. The number of rotatable bonds is 6.